The monoisotopic (exact) mass is 263 g/mol. The molecule has 1 fully saturated rings. The molecule has 1 saturated carbocycles. The van der Waals surface area contributed by atoms with E-state index in [1.165, 1.54) is 6.42 Å². The largest absolute Gasteiger partial charge is 0.496 e. The molecule has 2 N–H and O–H groups in total. The summed E-state index contributed by atoms with van der Waals surface area (Å²) in [5.74, 6) is 0.861. The van der Waals surface area contributed by atoms with Crippen LogP contribution in [0.2, 0.25) is 0 Å². The van der Waals surface area contributed by atoms with Crippen molar-refractivity contribution >= 4 is 11.6 Å². The molecule has 1 aliphatic rings. The van der Waals surface area contributed by atoms with E-state index in [1.54, 1.807) is 25.3 Å². The number of carbonyl (C=O) groups excluding carboxylic acids is 1. The molecule has 0 bridgehead atoms. The lowest BCUT2D eigenvalue weighted by atomic mass is 9.88. The van der Waals surface area contributed by atoms with Crippen molar-refractivity contribution in [3.8, 4) is 5.75 Å². The van der Waals surface area contributed by atoms with Gasteiger partial charge in [0.15, 0.2) is 0 Å². The number of methoxy groups -OCH3 is 1. The fraction of sp³-hybridized carbons (Fsp3) is 0.533. The molecular weight excluding hydrogens is 242 g/mol. The van der Waals surface area contributed by atoms with Crippen LogP contribution in [-0.2, 0) is 11.4 Å². The first-order chi connectivity index (χ1) is 9.24. The SMILES string of the molecule is COc1ccc(NC(=O)C2CCCCC2)cc1CO. The molecule has 0 aliphatic heterocycles. The minimum Gasteiger partial charge on any atom is -0.496 e. The molecule has 4 nitrogen and oxygen atoms in total. The molecule has 1 aromatic carbocycles. The molecule has 0 unspecified atom stereocenters. The van der Waals surface area contributed by atoms with Crippen LogP contribution in [0.4, 0.5) is 5.69 Å². The van der Waals surface area contributed by atoms with E-state index in [0.717, 1.165) is 31.4 Å². The predicted octanol–water partition coefficient (Wildman–Crippen LogP) is 2.71. The van der Waals surface area contributed by atoms with Crippen LogP contribution in [0, 0.1) is 5.92 Å². The van der Waals surface area contributed by atoms with E-state index in [-0.39, 0.29) is 18.4 Å². The Labute approximate surface area is 113 Å². The zero-order chi connectivity index (χ0) is 13.7. The Balaban J connectivity index is 2.03. The fourth-order valence-corrected chi connectivity index (χ4v) is 2.59. The van der Waals surface area contributed by atoms with Crippen molar-refractivity contribution in [2.24, 2.45) is 5.92 Å². The molecule has 0 heterocycles. The molecule has 104 valence electrons. The second kappa shape index (κ2) is 6.57. The Bertz CT molecular complexity index is 439. The molecule has 0 radical (unpaired) electrons. The van der Waals surface area contributed by atoms with E-state index in [0.29, 0.717) is 11.3 Å². The van der Waals surface area contributed by atoms with Crippen LogP contribution < -0.4 is 10.1 Å². The minimum absolute atomic E-state index is 0.0914. The Morgan fingerprint density at radius 2 is 2.11 bits per heavy atom. The van der Waals surface area contributed by atoms with Crippen molar-refractivity contribution in [3.05, 3.63) is 23.8 Å². The minimum atomic E-state index is -0.101. The number of hydrogen-bond donors (Lipinski definition) is 2. The van der Waals surface area contributed by atoms with Crippen molar-refractivity contribution in [2.75, 3.05) is 12.4 Å². The lowest BCUT2D eigenvalue weighted by molar-refractivity contribution is -0.120. The molecule has 2 rings (SSSR count). The molecule has 1 aromatic rings. The third-order valence-electron chi connectivity index (χ3n) is 3.69. The molecule has 1 aliphatic carbocycles. The van der Waals surface area contributed by atoms with Crippen LogP contribution in [0.5, 0.6) is 5.75 Å². The normalized spacial score (nSPS) is 16.1. The van der Waals surface area contributed by atoms with Gasteiger partial charge in [0.25, 0.3) is 0 Å². The first kappa shape index (κ1) is 13.9. The summed E-state index contributed by atoms with van der Waals surface area (Å²) in [6, 6.07) is 5.33. The highest BCUT2D eigenvalue weighted by Gasteiger charge is 2.21. The smallest absolute Gasteiger partial charge is 0.227 e. The maximum absolute atomic E-state index is 12.1. The van der Waals surface area contributed by atoms with Gasteiger partial charge in [-0.05, 0) is 31.0 Å². The topological polar surface area (TPSA) is 58.6 Å². The highest BCUT2D eigenvalue weighted by Crippen LogP contribution is 2.26. The van der Waals surface area contributed by atoms with Crippen molar-refractivity contribution in [1.29, 1.82) is 0 Å². The lowest BCUT2D eigenvalue weighted by Gasteiger charge is -2.21. The van der Waals surface area contributed by atoms with Gasteiger partial charge in [-0.1, -0.05) is 19.3 Å². The third kappa shape index (κ3) is 3.47. The van der Waals surface area contributed by atoms with Gasteiger partial charge >= 0.3 is 0 Å². The Morgan fingerprint density at radius 3 is 2.74 bits per heavy atom. The van der Waals surface area contributed by atoms with Gasteiger partial charge in [0.05, 0.1) is 13.7 Å². The van der Waals surface area contributed by atoms with Crippen LogP contribution in [0.15, 0.2) is 18.2 Å². The molecule has 0 saturated heterocycles. The van der Waals surface area contributed by atoms with E-state index in [1.807, 2.05) is 0 Å². The second-order valence-corrected chi connectivity index (χ2v) is 5.01. The number of hydrogen-bond acceptors (Lipinski definition) is 3. The zero-order valence-corrected chi connectivity index (χ0v) is 11.3. The van der Waals surface area contributed by atoms with Gasteiger partial charge in [-0.15, -0.1) is 0 Å². The van der Waals surface area contributed by atoms with Crippen LogP contribution in [0.25, 0.3) is 0 Å². The third-order valence-corrected chi connectivity index (χ3v) is 3.69. The van der Waals surface area contributed by atoms with Crippen LogP contribution in [0.3, 0.4) is 0 Å². The molecule has 0 spiro atoms. The van der Waals surface area contributed by atoms with Crippen molar-refractivity contribution in [1.82, 2.24) is 0 Å². The van der Waals surface area contributed by atoms with Gasteiger partial charge < -0.3 is 15.2 Å². The van der Waals surface area contributed by atoms with Gasteiger partial charge in [-0.25, -0.2) is 0 Å². The van der Waals surface area contributed by atoms with Gasteiger partial charge in [-0.2, -0.15) is 0 Å². The fourth-order valence-electron chi connectivity index (χ4n) is 2.59. The van der Waals surface area contributed by atoms with Gasteiger partial charge in [0.1, 0.15) is 5.75 Å². The van der Waals surface area contributed by atoms with Crippen LogP contribution in [-0.4, -0.2) is 18.1 Å². The summed E-state index contributed by atoms with van der Waals surface area (Å²) in [5, 5.41) is 12.2. The number of amides is 1. The molecule has 0 aromatic heterocycles. The van der Waals surface area contributed by atoms with E-state index in [9.17, 15) is 9.90 Å². The average molecular weight is 263 g/mol. The quantitative estimate of drug-likeness (QED) is 0.878. The average Bonchev–Trinajstić information content (AvgIpc) is 2.48. The van der Waals surface area contributed by atoms with Gasteiger partial charge in [0, 0.05) is 17.2 Å². The highest BCUT2D eigenvalue weighted by atomic mass is 16.5. The predicted molar refractivity (Wildman–Crippen MR) is 74.1 cm³/mol. The van der Waals surface area contributed by atoms with E-state index in [2.05, 4.69) is 5.32 Å². The molecule has 0 atom stereocenters. The van der Waals surface area contributed by atoms with Gasteiger partial charge in [0.2, 0.25) is 5.91 Å². The number of carbonyl (C=O) groups is 1. The Morgan fingerprint density at radius 1 is 1.37 bits per heavy atom. The van der Waals surface area contributed by atoms with Gasteiger partial charge in [-0.3, -0.25) is 4.79 Å². The Hall–Kier alpha value is -1.55. The lowest BCUT2D eigenvalue weighted by Crippen LogP contribution is -2.24. The standard InChI is InChI=1S/C15H21NO3/c1-19-14-8-7-13(9-12(14)10-17)16-15(18)11-5-3-2-4-6-11/h7-9,11,17H,2-6,10H2,1H3,(H,16,18). The molecule has 4 heteroatoms. The molecule has 19 heavy (non-hydrogen) atoms. The Kier molecular flexibility index (Phi) is 4.80. The maximum atomic E-state index is 12.1. The van der Waals surface area contributed by atoms with Crippen molar-refractivity contribution in [2.45, 2.75) is 38.7 Å². The number of aliphatic hydroxyl groups is 1. The molecule has 1 amide bonds. The summed E-state index contributed by atoms with van der Waals surface area (Å²) in [7, 11) is 1.56. The summed E-state index contributed by atoms with van der Waals surface area (Å²) >= 11 is 0. The van der Waals surface area contributed by atoms with Crippen molar-refractivity contribution in [3.63, 3.8) is 0 Å². The first-order valence-corrected chi connectivity index (χ1v) is 6.83. The van der Waals surface area contributed by atoms with E-state index in [4.69, 9.17) is 4.74 Å². The summed E-state index contributed by atoms with van der Waals surface area (Å²) in [6.07, 6.45) is 5.48. The van der Waals surface area contributed by atoms with Crippen molar-refractivity contribution < 1.29 is 14.6 Å². The van der Waals surface area contributed by atoms with E-state index >= 15 is 0 Å². The highest BCUT2D eigenvalue weighted by molar-refractivity contribution is 5.92. The number of anilines is 1. The summed E-state index contributed by atoms with van der Waals surface area (Å²) in [6.45, 7) is -0.101. The summed E-state index contributed by atoms with van der Waals surface area (Å²) < 4.78 is 5.14. The van der Waals surface area contributed by atoms with Crippen LogP contribution >= 0.6 is 0 Å². The number of benzene rings is 1. The van der Waals surface area contributed by atoms with E-state index < -0.39 is 0 Å². The number of rotatable bonds is 4. The maximum Gasteiger partial charge on any atom is 0.227 e. The number of ether oxygens (including phenoxy) is 1. The first-order valence-electron chi connectivity index (χ1n) is 6.83. The zero-order valence-electron chi connectivity index (χ0n) is 11.3. The number of aliphatic hydroxyl groups excluding tert-OH is 1. The molecular formula is C15H21NO3. The second-order valence-electron chi connectivity index (χ2n) is 5.01. The summed E-state index contributed by atoms with van der Waals surface area (Å²) in [5.41, 5.74) is 1.41. The number of nitrogens with one attached hydrogen (secondary N) is 1. The van der Waals surface area contributed by atoms with Crippen LogP contribution in [0.1, 0.15) is 37.7 Å². The summed E-state index contributed by atoms with van der Waals surface area (Å²) in [4.78, 5) is 12.1.